The lowest BCUT2D eigenvalue weighted by molar-refractivity contribution is 0.262. The van der Waals surface area contributed by atoms with Crippen molar-refractivity contribution in [3.8, 4) is 11.6 Å². The molecule has 2 amide bonds. The summed E-state index contributed by atoms with van der Waals surface area (Å²) < 4.78 is 6.53. The highest BCUT2D eigenvalue weighted by Crippen LogP contribution is 2.15. The number of anilines is 2. The molecule has 116 valence electrons. The van der Waals surface area contributed by atoms with Crippen molar-refractivity contribution in [1.82, 2.24) is 24.7 Å². The van der Waals surface area contributed by atoms with Gasteiger partial charge in [0.1, 0.15) is 30.5 Å². The summed E-state index contributed by atoms with van der Waals surface area (Å²) in [5, 5.41) is 9.29. The van der Waals surface area contributed by atoms with E-state index in [0.717, 1.165) is 0 Å². The van der Waals surface area contributed by atoms with Gasteiger partial charge in [-0.15, -0.1) is 0 Å². The maximum Gasteiger partial charge on any atom is 0.324 e. The van der Waals surface area contributed by atoms with Crippen molar-refractivity contribution >= 4 is 17.5 Å². The van der Waals surface area contributed by atoms with E-state index < -0.39 is 6.03 Å². The molecule has 2 N–H and O–H groups in total. The number of amides is 2. The molecule has 0 spiro atoms. The Kier molecular flexibility index (Phi) is 4.09. The number of carbonyl (C=O) groups is 1. The summed E-state index contributed by atoms with van der Waals surface area (Å²) in [6.07, 6.45) is 4.23. The van der Waals surface area contributed by atoms with E-state index in [4.69, 9.17) is 4.74 Å². The summed E-state index contributed by atoms with van der Waals surface area (Å²) in [5.74, 6) is 1.55. The Hall–Kier alpha value is -3.49. The number of carbonyl (C=O) groups excluding carboxylic acids is 1. The number of hydrogen-bond donors (Lipinski definition) is 2. The minimum absolute atomic E-state index is 0.344. The second kappa shape index (κ2) is 6.52. The molecule has 9 heteroatoms. The van der Waals surface area contributed by atoms with Crippen molar-refractivity contribution in [3.63, 3.8) is 0 Å². The fourth-order valence-electron chi connectivity index (χ4n) is 1.82. The first-order valence-corrected chi connectivity index (χ1v) is 6.64. The average Bonchev–Trinajstić information content (AvgIpc) is 3.10. The van der Waals surface area contributed by atoms with E-state index in [9.17, 15) is 4.79 Å². The Labute approximate surface area is 131 Å². The fourth-order valence-corrected chi connectivity index (χ4v) is 1.82. The molecule has 2 heterocycles. The third-order valence-electron chi connectivity index (χ3n) is 2.90. The third-order valence-corrected chi connectivity index (χ3v) is 2.90. The van der Waals surface area contributed by atoms with E-state index >= 15 is 0 Å². The SMILES string of the molecule is COc1ccc(NC(=O)Nc2cc(-n3cncn3)ncn2)cc1. The number of hydrogen-bond acceptors (Lipinski definition) is 6. The number of aromatic nitrogens is 5. The van der Waals surface area contributed by atoms with Gasteiger partial charge in [-0.3, -0.25) is 5.32 Å². The molecule has 0 fully saturated rings. The highest BCUT2D eigenvalue weighted by atomic mass is 16.5. The number of benzene rings is 1. The van der Waals surface area contributed by atoms with Crippen LogP contribution in [0.3, 0.4) is 0 Å². The van der Waals surface area contributed by atoms with Gasteiger partial charge in [0, 0.05) is 11.8 Å². The molecule has 0 aliphatic heterocycles. The highest BCUT2D eigenvalue weighted by Gasteiger charge is 2.06. The number of urea groups is 1. The van der Waals surface area contributed by atoms with Crippen LogP contribution in [0.15, 0.2) is 49.3 Å². The molecule has 9 nitrogen and oxygen atoms in total. The summed E-state index contributed by atoms with van der Waals surface area (Å²) in [4.78, 5) is 23.9. The third kappa shape index (κ3) is 3.59. The molecule has 0 unspecified atom stereocenters. The molecular weight excluding hydrogens is 298 g/mol. The molecule has 2 aromatic heterocycles. The van der Waals surface area contributed by atoms with Gasteiger partial charge in [-0.25, -0.2) is 24.4 Å². The lowest BCUT2D eigenvalue weighted by Crippen LogP contribution is -2.20. The van der Waals surface area contributed by atoms with E-state index in [0.29, 0.717) is 23.1 Å². The van der Waals surface area contributed by atoms with E-state index in [1.54, 1.807) is 37.4 Å². The Bertz CT molecular complexity index is 787. The van der Waals surface area contributed by atoms with Gasteiger partial charge in [0.2, 0.25) is 0 Å². The monoisotopic (exact) mass is 311 g/mol. The predicted molar refractivity (Wildman–Crippen MR) is 82.6 cm³/mol. The van der Waals surface area contributed by atoms with Gasteiger partial charge in [-0.1, -0.05) is 0 Å². The number of nitrogens with zero attached hydrogens (tertiary/aromatic N) is 5. The average molecular weight is 311 g/mol. The minimum atomic E-state index is -0.418. The van der Waals surface area contributed by atoms with Crippen LogP contribution < -0.4 is 15.4 Å². The Balaban J connectivity index is 1.66. The normalized spacial score (nSPS) is 10.1. The standard InChI is InChI=1S/C14H13N7O2/c1-23-11-4-2-10(3-5-11)19-14(22)20-12-6-13(17-8-16-12)21-9-15-7-18-21/h2-9H,1H3,(H2,16,17,19,20,22). The topological polar surface area (TPSA) is 107 Å². The lowest BCUT2D eigenvalue weighted by Gasteiger charge is -2.08. The Morgan fingerprint density at radius 3 is 2.65 bits per heavy atom. The first kappa shape index (κ1) is 14.4. The summed E-state index contributed by atoms with van der Waals surface area (Å²) >= 11 is 0. The van der Waals surface area contributed by atoms with Gasteiger partial charge in [0.25, 0.3) is 0 Å². The van der Waals surface area contributed by atoms with Crippen molar-refractivity contribution in [2.75, 3.05) is 17.7 Å². The predicted octanol–water partition coefficient (Wildman–Crippen LogP) is 1.71. The molecule has 0 aliphatic carbocycles. The van der Waals surface area contributed by atoms with Crippen LogP contribution in [0.4, 0.5) is 16.3 Å². The molecular formula is C14H13N7O2. The highest BCUT2D eigenvalue weighted by molar-refractivity contribution is 5.99. The summed E-state index contributed by atoms with van der Waals surface area (Å²) in [7, 11) is 1.58. The zero-order valence-electron chi connectivity index (χ0n) is 12.2. The van der Waals surface area contributed by atoms with Gasteiger partial charge in [-0.2, -0.15) is 5.10 Å². The lowest BCUT2D eigenvalue weighted by atomic mass is 10.3. The van der Waals surface area contributed by atoms with Crippen LogP contribution in [0.2, 0.25) is 0 Å². The van der Waals surface area contributed by atoms with Crippen molar-refractivity contribution in [2.45, 2.75) is 0 Å². The van der Waals surface area contributed by atoms with Gasteiger partial charge in [0.15, 0.2) is 5.82 Å². The fraction of sp³-hybridized carbons (Fsp3) is 0.0714. The Morgan fingerprint density at radius 2 is 1.96 bits per heavy atom. The maximum atomic E-state index is 12.0. The van der Waals surface area contributed by atoms with Gasteiger partial charge in [-0.05, 0) is 24.3 Å². The van der Waals surface area contributed by atoms with Crippen LogP contribution in [0.1, 0.15) is 0 Å². The first-order valence-electron chi connectivity index (χ1n) is 6.64. The van der Waals surface area contributed by atoms with Gasteiger partial charge in [0.05, 0.1) is 7.11 Å². The van der Waals surface area contributed by atoms with Crippen LogP contribution in [-0.2, 0) is 0 Å². The van der Waals surface area contributed by atoms with Gasteiger partial charge < -0.3 is 10.1 Å². The second-order valence-corrected chi connectivity index (χ2v) is 4.41. The molecule has 3 aromatic rings. The molecule has 0 saturated carbocycles. The van der Waals surface area contributed by atoms with Crippen molar-refractivity contribution in [1.29, 1.82) is 0 Å². The second-order valence-electron chi connectivity index (χ2n) is 4.41. The summed E-state index contributed by atoms with van der Waals surface area (Å²) in [5.41, 5.74) is 0.633. The van der Waals surface area contributed by atoms with Crippen LogP contribution in [-0.4, -0.2) is 37.9 Å². The van der Waals surface area contributed by atoms with Crippen LogP contribution >= 0.6 is 0 Å². The van der Waals surface area contributed by atoms with Crippen LogP contribution in [0.25, 0.3) is 5.82 Å². The zero-order chi connectivity index (χ0) is 16.1. The zero-order valence-corrected chi connectivity index (χ0v) is 12.2. The van der Waals surface area contributed by atoms with Crippen molar-refractivity contribution in [2.24, 2.45) is 0 Å². The van der Waals surface area contributed by atoms with E-state index in [-0.39, 0.29) is 0 Å². The molecule has 0 aliphatic rings. The number of rotatable bonds is 4. The molecule has 0 bridgehead atoms. The molecule has 0 radical (unpaired) electrons. The molecule has 1 aromatic carbocycles. The smallest absolute Gasteiger partial charge is 0.324 e. The number of methoxy groups -OCH3 is 1. The largest absolute Gasteiger partial charge is 0.497 e. The van der Waals surface area contributed by atoms with E-state index in [1.807, 2.05) is 0 Å². The molecule has 0 saturated heterocycles. The van der Waals surface area contributed by atoms with Gasteiger partial charge >= 0.3 is 6.03 Å². The number of ether oxygens (including phenoxy) is 1. The van der Waals surface area contributed by atoms with Crippen LogP contribution in [0, 0.1) is 0 Å². The minimum Gasteiger partial charge on any atom is -0.497 e. The van der Waals surface area contributed by atoms with Crippen molar-refractivity contribution < 1.29 is 9.53 Å². The Morgan fingerprint density at radius 1 is 1.13 bits per heavy atom. The maximum absolute atomic E-state index is 12.0. The molecule has 23 heavy (non-hydrogen) atoms. The van der Waals surface area contributed by atoms with Crippen molar-refractivity contribution in [3.05, 3.63) is 49.3 Å². The summed E-state index contributed by atoms with van der Waals surface area (Å²) in [6, 6.07) is 8.14. The van der Waals surface area contributed by atoms with Crippen LogP contribution in [0.5, 0.6) is 5.75 Å². The quantitative estimate of drug-likeness (QED) is 0.759. The van der Waals surface area contributed by atoms with E-state index in [2.05, 4.69) is 30.7 Å². The molecule has 0 atom stereocenters. The first-order chi connectivity index (χ1) is 11.2. The summed E-state index contributed by atoms with van der Waals surface area (Å²) in [6.45, 7) is 0. The molecule has 3 rings (SSSR count). The number of nitrogens with one attached hydrogen (secondary N) is 2. The van der Waals surface area contributed by atoms with E-state index in [1.165, 1.54) is 23.7 Å².